The Kier molecular flexibility index (Phi) is 4.38. The number of pyridine rings is 1. The monoisotopic (exact) mass is 354 g/mol. The number of halogens is 1. The number of anilines is 1. The van der Waals surface area contributed by atoms with E-state index in [1.807, 2.05) is 13.0 Å². The minimum atomic E-state index is -0.376. The summed E-state index contributed by atoms with van der Waals surface area (Å²) in [6.45, 7) is 3.60. The van der Waals surface area contributed by atoms with Crippen molar-refractivity contribution in [1.82, 2.24) is 15.0 Å². The summed E-state index contributed by atoms with van der Waals surface area (Å²) in [5, 5.41) is 3.98. The van der Waals surface area contributed by atoms with E-state index in [0.717, 1.165) is 24.1 Å². The van der Waals surface area contributed by atoms with E-state index in [9.17, 15) is 9.18 Å². The number of H-pyrrole nitrogens is 1. The second-order valence-corrected chi connectivity index (χ2v) is 6.49. The highest BCUT2D eigenvalue weighted by atomic mass is 19.1. The van der Waals surface area contributed by atoms with Gasteiger partial charge in [0.25, 0.3) is 5.56 Å². The zero-order valence-corrected chi connectivity index (χ0v) is 14.4. The van der Waals surface area contributed by atoms with Crippen LogP contribution in [0.25, 0.3) is 10.9 Å². The third-order valence-corrected chi connectivity index (χ3v) is 4.55. The molecule has 2 N–H and O–H groups in total. The van der Waals surface area contributed by atoms with Gasteiger partial charge in [-0.1, -0.05) is 0 Å². The van der Waals surface area contributed by atoms with Crippen molar-refractivity contribution >= 4 is 16.7 Å². The summed E-state index contributed by atoms with van der Waals surface area (Å²) >= 11 is 0. The number of nitrogens with zero attached hydrogens (tertiary/aromatic N) is 2. The molecule has 26 heavy (non-hydrogen) atoms. The van der Waals surface area contributed by atoms with Crippen molar-refractivity contribution in [2.24, 2.45) is 0 Å². The first kappa shape index (κ1) is 16.7. The molecule has 0 bridgehead atoms. The van der Waals surface area contributed by atoms with Crippen LogP contribution >= 0.6 is 0 Å². The van der Waals surface area contributed by atoms with Crippen molar-refractivity contribution in [1.29, 1.82) is 0 Å². The maximum atomic E-state index is 13.3. The zero-order chi connectivity index (χ0) is 18.1. The lowest BCUT2D eigenvalue weighted by Crippen LogP contribution is -2.16. The molecule has 2 aromatic heterocycles. The normalized spacial score (nSPS) is 16.9. The predicted octanol–water partition coefficient (Wildman–Crippen LogP) is 2.88. The van der Waals surface area contributed by atoms with Crippen LogP contribution in [-0.2, 0) is 11.3 Å². The molecule has 1 aromatic carbocycles. The van der Waals surface area contributed by atoms with E-state index >= 15 is 0 Å². The molecule has 1 aliphatic heterocycles. The van der Waals surface area contributed by atoms with Crippen molar-refractivity contribution in [2.45, 2.75) is 25.8 Å². The summed E-state index contributed by atoms with van der Waals surface area (Å²) in [6, 6.07) is 8.02. The first-order valence-electron chi connectivity index (χ1n) is 8.57. The van der Waals surface area contributed by atoms with Gasteiger partial charge in [0.05, 0.1) is 17.8 Å². The van der Waals surface area contributed by atoms with Crippen LogP contribution in [0.15, 0.2) is 35.1 Å². The predicted molar refractivity (Wildman–Crippen MR) is 96.8 cm³/mol. The van der Waals surface area contributed by atoms with Crippen molar-refractivity contribution in [3.8, 4) is 0 Å². The Morgan fingerprint density at radius 1 is 1.31 bits per heavy atom. The van der Waals surface area contributed by atoms with Gasteiger partial charge in [-0.3, -0.25) is 4.79 Å². The molecule has 0 aliphatic carbocycles. The lowest BCUT2D eigenvalue weighted by atomic mass is 10.0. The number of benzene rings is 1. The first-order chi connectivity index (χ1) is 12.6. The van der Waals surface area contributed by atoms with Crippen LogP contribution in [0.3, 0.4) is 0 Å². The van der Waals surface area contributed by atoms with E-state index in [1.165, 1.54) is 12.1 Å². The molecule has 4 rings (SSSR count). The molecule has 6 nitrogen and oxygen atoms in total. The standard InChI is InChI=1S/C19H19FN4O2/c1-11-22-17(13-4-5-26-10-13)8-18(23-11)21-9-14-6-12-2-3-15(20)7-16(12)24-19(14)25/h2-3,6-8,13H,4-5,9-10H2,1H3,(H,24,25)(H,21,22,23)/t13-/m0/s1. The van der Waals surface area contributed by atoms with Crippen molar-refractivity contribution in [3.63, 3.8) is 0 Å². The minimum absolute atomic E-state index is 0.245. The molecule has 1 fully saturated rings. The topological polar surface area (TPSA) is 79.9 Å². The van der Waals surface area contributed by atoms with Crippen LogP contribution in [0.2, 0.25) is 0 Å². The Balaban J connectivity index is 1.57. The number of fused-ring (bicyclic) bond motifs is 1. The molecule has 1 atom stereocenters. The number of hydrogen-bond donors (Lipinski definition) is 2. The number of ether oxygens (including phenoxy) is 1. The number of aryl methyl sites for hydroxylation is 1. The third-order valence-electron chi connectivity index (χ3n) is 4.55. The van der Waals surface area contributed by atoms with Gasteiger partial charge in [0.1, 0.15) is 17.5 Å². The van der Waals surface area contributed by atoms with E-state index in [-0.39, 0.29) is 17.3 Å². The fraction of sp³-hybridized carbons (Fsp3) is 0.316. The highest BCUT2D eigenvalue weighted by Crippen LogP contribution is 2.25. The van der Waals surface area contributed by atoms with Gasteiger partial charge in [-0.15, -0.1) is 0 Å². The second-order valence-electron chi connectivity index (χ2n) is 6.49. The summed E-state index contributed by atoms with van der Waals surface area (Å²) in [5.41, 5.74) is 1.76. The van der Waals surface area contributed by atoms with Gasteiger partial charge in [0.2, 0.25) is 0 Å². The Morgan fingerprint density at radius 3 is 3.00 bits per heavy atom. The Morgan fingerprint density at radius 2 is 2.19 bits per heavy atom. The van der Waals surface area contributed by atoms with Crippen molar-refractivity contribution in [3.05, 3.63) is 63.6 Å². The molecule has 0 amide bonds. The maximum absolute atomic E-state index is 13.3. The SMILES string of the molecule is Cc1nc(NCc2cc3ccc(F)cc3[nH]c2=O)cc([C@H]2CCOC2)n1. The molecule has 7 heteroatoms. The average Bonchev–Trinajstić information content (AvgIpc) is 3.14. The van der Waals surface area contributed by atoms with Gasteiger partial charge in [-0.25, -0.2) is 14.4 Å². The quantitative estimate of drug-likeness (QED) is 0.753. The molecule has 3 heterocycles. The van der Waals surface area contributed by atoms with Crippen LogP contribution in [0.1, 0.15) is 29.4 Å². The van der Waals surface area contributed by atoms with Crippen molar-refractivity contribution in [2.75, 3.05) is 18.5 Å². The molecule has 0 saturated carbocycles. The molecule has 0 radical (unpaired) electrons. The van der Waals surface area contributed by atoms with Crippen LogP contribution in [0.5, 0.6) is 0 Å². The highest BCUT2D eigenvalue weighted by molar-refractivity contribution is 5.78. The zero-order valence-electron chi connectivity index (χ0n) is 14.4. The molecular formula is C19H19FN4O2. The summed E-state index contributed by atoms with van der Waals surface area (Å²) in [5.74, 6) is 1.27. The number of rotatable bonds is 4. The van der Waals surface area contributed by atoms with Gasteiger partial charge in [-0.2, -0.15) is 0 Å². The van der Waals surface area contributed by atoms with Crippen LogP contribution in [0, 0.1) is 12.7 Å². The van der Waals surface area contributed by atoms with E-state index < -0.39 is 0 Å². The summed E-state index contributed by atoms with van der Waals surface area (Å²) in [6.07, 6.45) is 0.955. The van der Waals surface area contributed by atoms with Gasteiger partial charge in [0, 0.05) is 30.7 Å². The van der Waals surface area contributed by atoms with Crippen molar-refractivity contribution < 1.29 is 9.13 Å². The molecule has 134 valence electrons. The number of nitrogens with one attached hydrogen (secondary N) is 2. The van der Waals surface area contributed by atoms with E-state index in [4.69, 9.17) is 4.74 Å². The summed E-state index contributed by atoms with van der Waals surface area (Å²) in [4.78, 5) is 23.9. The summed E-state index contributed by atoms with van der Waals surface area (Å²) in [7, 11) is 0. The van der Waals surface area contributed by atoms with E-state index in [0.29, 0.717) is 35.9 Å². The third kappa shape index (κ3) is 3.43. The van der Waals surface area contributed by atoms with Gasteiger partial charge in [0.15, 0.2) is 0 Å². The molecule has 3 aromatic rings. The fourth-order valence-electron chi connectivity index (χ4n) is 3.19. The van der Waals surface area contributed by atoms with Gasteiger partial charge >= 0.3 is 0 Å². The van der Waals surface area contributed by atoms with E-state index in [1.54, 1.807) is 12.1 Å². The molecule has 0 unspecified atom stereocenters. The minimum Gasteiger partial charge on any atom is -0.381 e. The maximum Gasteiger partial charge on any atom is 0.253 e. The first-order valence-corrected chi connectivity index (χ1v) is 8.57. The fourth-order valence-corrected chi connectivity index (χ4v) is 3.19. The van der Waals surface area contributed by atoms with E-state index in [2.05, 4.69) is 20.3 Å². The smallest absolute Gasteiger partial charge is 0.253 e. The van der Waals surface area contributed by atoms with Crippen LogP contribution in [-0.4, -0.2) is 28.2 Å². The molecular weight excluding hydrogens is 335 g/mol. The molecule has 0 spiro atoms. The average molecular weight is 354 g/mol. The number of aromatic amines is 1. The summed E-state index contributed by atoms with van der Waals surface area (Å²) < 4.78 is 18.7. The number of hydrogen-bond acceptors (Lipinski definition) is 5. The lowest BCUT2D eigenvalue weighted by molar-refractivity contribution is 0.193. The van der Waals surface area contributed by atoms with Gasteiger partial charge in [-0.05, 0) is 43.0 Å². The van der Waals surface area contributed by atoms with Crippen LogP contribution < -0.4 is 10.9 Å². The second kappa shape index (κ2) is 6.84. The molecule has 1 saturated heterocycles. The lowest BCUT2D eigenvalue weighted by Gasteiger charge is -2.12. The Labute approximate surface area is 149 Å². The largest absolute Gasteiger partial charge is 0.381 e. The highest BCUT2D eigenvalue weighted by Gasteiger charge is 2.20. The van der Waals surface area contributed by atoms with Crippen LogP contribution in [0.4, 0.5) is 10.2 Å². The number of aromatic nitrogens is 3. The molecule has 1 aliphatic rings. The Hall–Kier alpha value is -2.80. The Bertz CT molecular complexity index is 1010. The van der Waals surface area contributed by atoms with Gasteiger partial charge < -0.3 is 15.0 Å².